The van der Waals surface area contributed by atoms with Crippen LogP contribution in [0.5, 0.6) is 0 Å². The summed E-state index contributed by atoms with van der Waals surface area (Å²) in [6, 6.07) is 10.4. The van der Waals surface area contributed by atoms with E-state index in [4.69, 9.17) is 4.98 Å². The number of hydrogen-bond acceptors (Lipinski definition) is 3. The molecular weight excluding hydrogens is 308 g/mol. The van der Waals surface area contributed by atoms with Gasteiger partial charge in [-0.1, -0.05) is 44.5 Å². The third kappa shape index (κ3) is 4.01. The Morgan fingerprint density at radius 2 is 1.84 bits per heavy atom. The summed E-state index contributed by atoms with van der Waals surface area (Å²) in [4.78, 5) is 9.22. The van der Waals surface area contributed by atoms with Crippen LogP contribution in [-0.4, -0.2) is 19.9 Å². The second-order valence-electron chi connectivity index (χ2n) is 8.71. The van der Waals surface area contributed by atoms with Crippen LogP contribution in [-0.2, 0) is 0 Å². The van der Waals surface area contributed by atoms with Crippen molar-refractivity contribution in [1.82, 2.24) is 14.4 Å². The molecule has 0 bridgehead atoms. The molecule has 3 aromatic rings. The summed E-state index contributed by atoms with van der Waals surface area (Å²) in [7, 11) is 0. The van der Waals surface area contributed by atoms with Crippen LogP contribution in [0.3, 0.4) is 0 Å². The molecule has 0 atom stereocenters. The lowest BCUT2D eigenvalue weighted by Crippen LogP contribution is -2.36. The predicted octanol–water partition coefficient (Wildman–Crippen LogP) is 5.33. The molecule has 0 saturated carbocycles. The van der Waals surface area contributed by atoms with Gasteiger partial charge in [0.15, 0.2) is 0 Å². The average molecular weight is 336 g/mol. The first kappa shape index (κ1) is 17.5. The van der Waals surface area contributed by atoms with E-state index in [9.17, 15) is 0 Å². The summed E-state index contributed by atoms with van der Waals surface area (Å²) < 4.78 is 2.04. The predicted molar refractivity (Wildman–Crippen MR) is 105 cm³/mol. The zero-order valence-electron chi connectivity index (χ0n) is 16.1. The molecule has 1 N–H and O–H groups in total. The Bertz CT molecular complexity index is 884. The van der Waals surface area contributed by atoms with E-state index >= 15 is 0 Å². The van der Waals surface area contributed by atoms with E-state index < -0.39 is 0 Å². The van der Waals surface area contributed by atoms with Gasteiger partial charge in [0.25, 0.3) is 0 Å². The second kappa shape index (κ2) is 6.17. The Morgan fingerprint density at radius 3 is 2.52 bits per heavy atom. The summed E-state index contributed by atoms with van der Waals surface area (Å²) in [6.45, 7) is 13.4. The number of aryl methyl sites for hydroxylation is 1. The smallest absolute Gasteiger partial charge is 0.235 e. The number of aromatic nitrogens is 3. The summed E-state index contributed by atoms with van der Waals surface area (Å²) in [6.07, 6.45) is 4.84. The van der Waals surface area contributed by atoms with Crippen molar-refractivity contribution in [1.29, 1.82) is 0 Å². The lowest BCUT2D eigenvalue weighted by molar-refractivity contribution is 0.302. The Kier molecular flexibility index (Phi) is 4.31. The number of nitrogens with zero attached hydrogens (tertiary/aromatic N) is 3. The van der Waals surface area contributed by atoms with Crippen LogP contribution < -0.4 is 5.32 Å². The molecule has 1 aromatic carbocycles. The molecule has 4 heteroatoms. The molecule has 2 aromatic heterocycles. The maximum Gasteiger partial charge on any atom is 0.235 e. The van der Waals surface area contributed by atoms with Crippen LogP contribution >= 0.6 is 0 Å². The average Bonchev–Trinajstić information content (AvgIpc) is 2.83. The molecule has 132 valence electrons. The quantitative estimate of drug-likeness (QED) is 0.700. The summed E-state index contributed by atoms with van der Waals surface area (Å²) in [5.74, 6) is 1.72. The van der Waals surface area contributed by atoms with Crippen LogP contribution in [0, 0.1) is 12.3 Å². The second-order valence-corrected chi connectivity index (χ2v) is 8.71. The van der Waals surface area contributed by atoms with Gasteiger partial charge in [0.1, 0.15) is 11.5 Å². The number of hydrogen-bond donors (Lipinski definition) is 1. The molecule has 0 fully saturated rings. The third-order valence-electron chi connectivity index (χ3n) is 4.12. The highest BCUT2D eigenvalue weighted by Gasteiger charge is 2.28. The van der Waals surface area contributed by atoms with E-state index in [0.29, 0.717) is 5.78 Å². The van der Waals surface area contributed by atoms with Crippen LogP contribution in [0.2, 0.25) is 0 Å². The molecule has 0 saturated heterocycles. The highest BCUT2D eigenvalue weighted by Crippen LogP contribution is 2.34. The number of benzene rings is 1. The minimum Gasteiger partial charge on any atom is -0.364 e. The minimum atomic E-state index is -0.0668. The van der Waals surface area contributed by atoms with Gasteiger partial charge in [-0.05, 0) is 44.7 Å². The van der Waals surface area contributed by atoms with Gasteiger partial charge < -0.3 is 5.32 Å². The normalized spacial score (nSPS) is 12.6. The molecule has 2 heterocycles. The number of anilines is 1. The third-order valence-corrected chi connectivity index (χ3v) is 4.12. The van der Waals surface area contributed by atoms with Gasteiger partial charge >= 0.3 is 0 Å². The van der Waals surface area contributed by atoms with E-state index in [2.05, 4.69) is 76.1 Å². The Morgan fingerprint density at radius 1 is 1.08 bits per heavy atom. The maximum atomic E-state index is 4.79. The highest BCUT2D eigenvalue weighted by atomic mass is 15.2. The van der Waals surface area contributed by atoms with Gasteiger partial charge in [-0.25, -0.2) is 9.97 Å². The molecule has 0 radical (unpaired) electrons. The van der Waals surface area contributed by atoms with E-state index in [-0.39, 0.29) is 11.0 Å². The number of fused-ring (bicyclic) bond motifs is 1. The molecule has 0 spiro atoms. The molecule has 0 unspecified atom stereocenters. The fourth-order valence-electron chi connectivity index (χ4n) is 3.69. The summed E-state index contributed by atoms with van der Waals surface area (Å²) >= 11 is 0. The molecule has 0 aliphatic carbocycles. The van der Waals surface area contributed by atoms with Gasteiger partial charge in [0, 0.05) is 23.5 Å². The summed E-state index contributed by atoms with van der Waals surface area (Å²) in [5, 5.41) is 3.74. The van der Waals surface area contributed by atoms with Crippen molar-refractivity contribution in [3.05, 3.63) is 48.3 Å². The zero-order chi connectivity index (χ0) is 18.2. The standard InChI is InChI=1S/C21H28N4/c1-15-9-7-10-16(13-15)17-18(24-21(5,6)14-20(2,3)4)25-12-8-11-22-19(25)23-17/h7-13,24H,14H2,1-6H3. The first-order chi connectivity index (χ1) is 11.6. The topological polar surface area (TPSA) is 42.2 Å². The van der Waals surface area contributed by atoms with E-state index in [1.807, 2.05) is 16.7 Å². The Balaban J connectivity index is 2.11. The minimum absolute atomic E-state index is 0.0668. The van der Waals surface area contributed by atoms with E-state index in [1.54, 1.807) is 6.20 Å². The molecular formula is C21H28N4. The first-order valence-corrected chi connectivity index (χ1v) is 8.83. The largest absolute Gasteiger partial charge is 0.364 e. The van der Waals surface area contributed by atoms with Crippen molar-refractivity contribution in [3.63, 3.8) is 0 Å². The monoisotopic (exact) mass is 336 g/mol. The van der Waals surface area contributed by atoms with Crippen molar-refractivity contribution < 1.29 is 0 Å². The van der Waals surface area contributed by atoms with Crippen molar-refractivity contribution in [2.24, 2.45) is 5.41 Å². The fraction of sp³-hybridized carbons (Fsp3) is 0.429. The lowest BCUT2D eigenvalue weighted by atomic mass is 9.82. The highest BCUT2D eigenvalue weighted by molar-refractivity contribution is 5.76. The molecule has 3 rings (SSSR count). The molecule has 0 aliphatic rings. The van der Waals surface area contributed by atoms with Crippen molar-refractivity contribution in [2.75, 3.05) is 5.32 Å². The van der Waals surface area contributed by atoms with Gasteiger partial charge in [-0.2, -0.15) is 0 Å². The molecule has 0 amide bonds. The Labute approximate surface area is 150 Å². The van der Waals surface area contributed by atoms with E-state index in [0.717, 1.165) is 23.5 Å². The van der Waals surface area contributed by atoms with Crippen molar-refractivity contribution >= 4 is 11.6 Å². The van der Waals surface area contributed by atoms with Crippen LogP contribution in [0.25, 0.3) is 17.0 Å². The van der Waals surface area contributed by atoms with Crippen LogP contribution in [0.4, 0.5) is 5.82 Å². The van der Waals surface area contributed by atoms with Crippen LogP contribution in [0.15, 0.2) is 42.7 Å². The van der Waals surface area contributed by atoms with Crippen molar-refractivity contribution in [3.8, 4) is 11.3 Å². The Hall–Kier alpha value is -2.36. The SMILES string of the molecule is Cc1cccc(-c2nc3ncccn3c2NC(C)(C)CC(C)(C)C)c1. The van der Waals surface area contributed by atoms with Gasteiger partial charge in [-0.3, -0.25) is 4.40 Å². The van der Waals surface area contributed by atoms with Gasteiger partial charge in [-0.15, -0.1) is 0 Å². The van der Waals surface area contributed by atoms with Gasteiger partial charge in [0.2, 0.25) is 5.78 Å². The fourth-order valence-corrected chi connectivity index (χ4v) is 3.69. The van der Waals surface area contributed by atoms with Crippen LogP contribution in [0.1, 0.15) is 46.6 Å². The molecule has 4 nitrogen and oxygen atoms in total. The summed E-state index contributed by atoms with van der Waals surface area (Å²) in [5.41, 5.74) is 3.45. The first-order valence-electron chi connectivity index (χ1n) is 8.83. The zero-order valence-corrected chi connectivity index (χ0v) is 16.1. The number of nitrogens with one attached hydrogen (secondary N) is 1. The van der Waals surface area contributed by atoms with Gasteiger partial charge in [0.05, 0.1) is 0 Å². The molecule has 0 aliphatic heterocycles. The molecule has 25 heavy (non-hydrogen) atoms. The van der Waals surface area contributed by atoms with Crippen molar-refractivity contribution in [2.45, 2.75) is 53.5 Å². The number of imidazole rings is 1. The maximum absolute atomic E-state index is 4.79. The number of rotatable bonds is 4. The van der Waals surface area contributed by atoms with E-state index in [1.165, 1.54) is 5.56 Å². The lowest BCUT2D eigenvalue weighted by Gasteiger charge is -2.34.